The van der Waals surface area contributed by atoms with E-state index in [0.717, 1.165) is 5.56 Å². The summed E-state index contributed by atoms with van der Waals surface area (Å²) in [5.74, 6) is 0.387. The van der Waals surface area contributed by atoms with E-state index in [4.69, 9.17) is 0 Å². The first-order valence-corrected chi connectivity index (χ1v) is 4.39. The van der Waals surface area contributed by atoms with Gasteiger partial charge in [-0.1, -0.05) is 26.0 Å². The van der Waals surface area contributed by atoms with E-state index in [0.29, 0.717) is 10.8 Å². The van der Waals surface area contributed by atoms with Crippen molar-refractivity contribution in [2.75, 3.05) is 0 Å². The molecule has 1 nitrogen and oxygen atoms in total. The van der Waals surface area contributed by atoms with Gasteiger partial charge in [-0.15, -0.1) is 12.6 Å². The maximum atomic E-state index is 11.3. The van der Waals surface area contributed by atoms with Crippen LogP contribution in [0.25, 0.3) is 0 Å². The van der Waals surface area contributed by atoms with Crippen LogP contribution in [0.1, 0.15) is 25.3 Å². The van der Waals surface area contributed by atoms with Gasteiger partial charge in [-0.05, 0) is 23.6 Å². The van der Waals surface area contributed by atoms with E-state index in [9.17, 15) is 4.79 Å². The number of hydrogen-bond donors (Lipinski definition) is 1. The molecule has 0 aliphatic rings. The highest BCUT2D eigenvalue weighted by Crippen LogP contribution is 2.11. The summed E-state index contributed by atoms with van der Waals surface area (Å²) in [6.45, 7) is 4.12. The van der Waals surface area contributed by atoms with Gasteiger partial charge in [0, 0.05) is 0 Å². The molecule has 0 heterocycles. The summed E-state index contributed by atoms with van der Waals surface area (Å²) in [6.07, 6.45) is 0. The van der Waals surface area contributed by atoms with Crippen molar-refractivity contribution in [3.05, 3.63) is 40.1 Å². The van der Waals surface area contributed by atoms with Crippen LogP contribution in [0.2, 0.25) is 0 Å². The summed E-state index contributed by atoms with van der Waals surface area (Å²) in [6, 6.07) is 7.18. The topological polar surface area (TPSA) is 17.1 Å². The molecule has 0 amide bonds. The molecule has 0 spiro atoms. The number of hydrogen-bond acceptors (Lipinski definition) is 2. The van der Waals surface area contributed by atoms with E-state index < -0.39 is 0 Å². The van der Waals surface area contributed by atoms with Gasteiger partial charge in [0.05, 0.1) is 4.90 Å². The Kier molecular flexibility index (Phi) is 2.93. The summed E-state index contributed by atoms with van der Waals surface area (Å²) >= 11 is 4.05. The van der Waals surface area contributed by atoms with Gasteiger partial charge in [-0.25, -0.2) is 0 Å². The summed E-state index contributed by atoms with van der Waals surface area (Å²) in [7, 11) is 0. The van der Waals surface area contributed by atoms with Crippen LogP contribution in [0, 0.1) is 0 Å². The molecule has 0 fully saturated rings. The van der Waals surface area contributed by atoms with Crippen LogP contribution in [0.15, 0.2) is 34.0 Å². The molecule has 0 unspecified atom stereocenters. The summed E-state index contributed by atoms with van der Waals surface area (Å²) in [4.78, 5) is 11.8. The van der Waals surface area contributed by atoms with Crippen molar-refractivity contribution in [1.29, 1.82) is 0 Å². The van der Waals surface area contributed by atoms with Gasteiger partial charge in [-0.3, -0.25) is 4.79 Å². The highest BCUT2D eigenvalue weighted by molar-refractivity contribution is 7.80. The van der Waals surface area contributed by atoms with E-state index in [1.165, 1.54) is 0 Å². The lowest BCUT2D eigenvalue weighted by atomic mass is 10.1. The Labute approximate surface area is 77.9 Å². The first kappa shape index (κ1) is 9.33. The fourth-order valence-electron chi connectivity index (χ4n) is 0.965. The monoisotopic (exact) mass is 180 g/mol. The van der Waals surface area contributed by atoms with Crippen LogP contribution in [0.3, 0.4) is 0 Å². The van der Waals surface area contributed by atoms with E-state index in [1.807, 2.05) is 12.1 Å². The molecule has 1 aromatic carbocycles. The average molecular weight is 180 g/mol. The van der Waals surface area contributed by atoms with Crippen LogP contribution in [0.4, 0.5) is 0 Å². The minimum absolute atomic E-state index is 0.00738. The van der Waals surface area contributed by atoms with Crippen molar-refractivity contribution in [2.24, 2.45) is 0 Å². The van der Waals surface area contributed by atoms with Crippen molar-refractivity contribution in [3.63, 3.8) is 0 Å². The molecule has 2 heteroatoms. The van der Waals surface area contributed by atoms with Crippen LogP contribution < -0.4 is 5.43 Å². The molecule has 0 saturated carbocycles. The van der Waals surface area contributed by atoms with Gasteiger partial charge >= 0.3 is 0 Å². The molecule has 0 aliphatic heterocycles. The summed E-state index contributed by atoms with van der Waals surface area (Å²) in [5, 5.41) is 0. The Bertz CT molecular complexity index is 331. The van der Waals surface area contributed by atoms with Gasteiger partial charge in [-0.2, -0.15) is 0 Å². The number of thiol groups is 1. The molecule has 0 bridgehead atoms. The van der Waals surface area contributed by atoms with E-state index in [1.54, 1.807) is 12.1 Å². The molecule has 1 aromatic rings. The first-order chi connectivity index (χ1) is 5.61. The fourth-order valence-corrected chi connectivity index (χ4v) is 1.12. The Morgan fingerprint density at radius 2 is 2.00 bits per heavy atom. The average Bonchev–Trinajstić information content (AvgIpc) is 2.15. The first-order valence-electron chi connectivity index (χ1n) is 3.94. The van der Waals surface area contributed by atoms with Crippen molar-refractivity contribution >= 4 is 12.6 Å². The van der Waals surface area contributed by atoms with E-state index in [2.05, 4.69) is 26.5 Å². The minimum atomic E-state index is -0.00738. The van der Waals surface area contributed by atoms with Crippen LogP contribution in [-0.4, -0.2) is 0 Å². The normalized spacial score (nSPS) is 10.3. The zero-order valence-corrected chi connectivity index (χ0v) is 8.14. The summed E-state index contributed by atoms with van der Waals surface area (Å²) in [5.41, 5.74) is 1.05. The molecule has 0 saturated heterocycles. The highest BCUT2D eigenvalue weighted by Gasteiger charge is 1.98. The molecule has 64 valence electrons. The largest absolute Gasteiger partial charge is 0.289 e. The Morgan fingerprint density at radius 1 is 1.33 bits per heavy atom. The maximum absolute atomic E-state index is 11.3. The third-order valence-electron chi connectivity index (χ3n) is 1.76. The zero-order chi connectivity index (χ0) is 9.14. The second kappa shape index (κ2) is 3.76. The molecule has 12 heavy (non-hydrogen) atoms. The van der Waals surface area contributed by atoms with Crippen LogP contribution >= 0.6 is 12.6 Å². The lowest BCUT2D eigenvalue weighted by Gasteiger charge is -1.98. The van der Waals surface area contributed by atoms with Crippen LogP contribution in [0.5, 0.6) is 0 Å². The zero-order valence-electron chi connectivity index (χ0n) is 7.24. The van der Waals surface area contributed by atoms with Gasteiger partial charge in [0.15, 0.2) is 5.43 Å². The lowest BCUT2D eigenvalue weighted by Crippen LogP contribution is -1.97. The van der Waals surface area contributed by atoms with Gasteiger partial charge in [0.1, 0.15) is 0 Å². The quantitative estimate of drug-likeness (QED) is 0.657. The third kappa shape index (κ3) is 2.11. The Balaban J connectivity index is 3.32. The predicted molar refractivity (Wildman–Crippen MR) is 54.1 cm³/mol. The molecule has 0 aromatic heterocycles. The molecule has 0 N–H and O–H groups in total. The SMILES string of the molecule is CC(C)c1cccc(S)c(=O)c1. The van der Waals surface area contributed by atoms with Gasteiger partial charge in [0.25, 0.3) is 0 Å². The van der Waals surface area contributed by atoms with Crippen molar-refractivity contribution in [3.8, 4) is 0 Å². The Morgan fingerprint density at radius 3 is 2.58 bits per heavy atom. The molecular weight excluding hydrogens is 168 g/mol. The van der Waals surface area contributed by atoms with Gasteiger partial charge in [0.2, 0.25) is 0 Å². The van der Waals surface area contributed by atoms with E-state index >= 15 is 0 Å². The summed E-state index contributed by atoms with van der Waals surface area (Å²) < 4.78 is 0. The Hall–Kier alpha value is -0.760. The molecule has 0 radical (unpaired) electrons. The molecule has 1 rings (SSSR count). The standard InChI is InChI=1S/C10H12OS/c1-7(2)8-4-3-5-10(12)9(11)6-8/h3-7H,1-2H3,(H,11,12). The van der Waals surface area contributed by atoms with E-state index in [-0.39, 0.29) is 5.43 Å². The predicted octanol–water partition coefficient (Wildman–Crippen LogP) is 2.46. The fraction of sp³-hybridized carbons (Fsp3) is 0.300. The lowest BCUT2D eigenvalue weighted by molar-refractivity contribution is 0.867. The maximum Gasteiger partial charge on any atom is 0.192 e. The van der Waals surface area contributed by atoms with Crippen molar-refractivity contribution < 1.29 is 0 Å². The molecule has 0 aliphatic carbocycles. The minimum Gasteiger partial charge on any atom is -0.289 e. The molecule has 0 atom stereocenters. The third-order valence-corrected chi connectivity index (χ3v) is 2.13. The highest BCUT2D eigenvalue weighted by atomic mass is 32.1. The van der Waals surface area contributed by atoms with Gasteiger partial charge < -0.3 is 0 Å². The smallest absolute Gasteiger partial charge is 0.192 e. The van der Waals surface area contributed by atoms with Crippen LogP contribution in [-0.2, 0) is 0 Å². The molecular formula is C10H12OS. The van der Waals surface area contributed by atoms with Crippen molar-refractivity contribution in [2.45, 2.75) is 24.7 Å². The second-order valence-corrected chi connectivity index (χ2v) is 3.56. The van der Waals surface area contributed by atoms with Crippen molar-refractivity contribution in [1.82, 2.24) is 0 Å². The number of rotatable bonds is 1. The second-order valence-electron chi connectivity index (χ2n) is 3.07.